The van der Waals surface area contributed by atoms with Crippen LogP contribution in [-0.4, -0.2) is 30.1 Å². The van der Waals surface area contributed by atoms with Crippen LogP contribution in [0.4, 0.5) is 11.5 Å². The van der Waals surface area contributed by atoms with Gasteiger partial charge in [-0.15, -0.1) is 0 Å². The highest BCUT2D eigenvalue weighted by molar-refractivity contribution is 5.85. The summed E-state index contributed by atoms with van der Waals surface area (Å²) >= 11 is 0. The second-order valence-electron chi connectivity index (χ2n) is 4.32. The Morgan fingerprint density at radius 3 is 2.61 bits per heavy atom. The minimum atomic E-state index is -0.422. The normalized spacial score (nSPS) is 12.1. The van der Waals surface area contributed by atoms with Gasteiger partial charge < -0.3 is 21.1 Å². The zero-order valence-electron chi connectivity index (χ0n) is 11.2. The van der Waals surface area contributed by atoms with Crippen molar-refractivity contribution in [2.24, 2.45) is 0 Å². The van der Waals surface area contributed by atoms with Crippen LogP contribution >= 0.6 is 0 Å². The molecule has 4 N–H and O–H groups in total. The van der Waals surface area contributed by atoms with Crippen molar-refractivity contribution in [2.75, 3.05) is 18.2 Å². The quantitative estimate of drug-likeness (QED) is 0.727. The van der Waals surface area contributed by atoms with Gasteiger partial charge in [0.1, 0.15) is 6.04 Å². The zero-order valence-corrected chi connectivity index (χ0v) is 11.2. The molecule has 0 bridgehead atoms. The number of carbonyl (C=O) groups is 1. The Bertz CT molecular complexity index is 421. The standard InChI is InChI=1S/C12H20N4O2/c1-7(2)14-12(17)8(3)15-11-9(13)5-6-10(16-11)18-4/h5-8H,13H2,1-4H3,(H,14,17)(H,15,16). The number of methoxy groups -OCH3 is 1. The van der Waals surface area contributed by atoms with E-state index < -0.39 is 6.04 Å². The molecule has 0 aliphatic heterocycles. The fraction of sp³-hybridized carbons (Fsp3) is 0.500. The summed E-state index contributed by atoms with van der Waals surface area (Å²) in [6.45, 7) is 5.56. The first-order chi connectivity index (χ1) is 8.43. The van der Waals surface area contributed by atoms with Gasteiger partial charge in [-0.3, -0.25) is 4.79 Å². The molecule has 1 heterocycles. The average Bonchev–Trinajstić information content (AvgIpc) is 2.31. The second kappa shape index (κ2) is 6.09. The molecule has 0 aliphatic rings. The van der Waals surface area contributed by atoms with E-state index in [1.54, 1.807) is 19.1 Å². The third kappa shape index (κ3) is 3.80. The lowest BCUT2D eigenvalue weighted by Crippen LogP contribution is -2.41. The van der Waals surface area contributed by atoms with Crippen LogP contribution in [0.25, 0.3) is 0 Å². The molecular weight excluding hydrogens is 232 g/mol. The SMILES string of the molecule is COc1ccc(N)c(NC(C)C(=O)NC(C)C)n1. The van der Waals surface area contributed by atoms with Crippen molar-refractivity contribution in [3.05, 3.63) is 12.1 Å². The minimum absolute atomic E-state index is 0.0948. The summed E-state index contributed by atoms with van der Waals surface area (Å²) in [5, 5.41) is 5.77. The second-order valence-corrected chi connectivity index (χ2v) is 4.32. The molecule has 0 fully saturated rings. The number of aromatic nitrogens is 1. The van der Waals surface area contributed by atoms with Gasteiger partial charge in [-0.25, -0.2) is 0 Å². The van der Waals surface area contributed by atoms with Crippen molar-refractivity contribution in [1.82, 2.24) is 10.3 Å². The molecule has 1 rings (SSSR count). The Kier molecular flexibility index (Phi) is 4.76. The van der Waals surface area contributed by atoms with Crippen LogP contribution in [0, 0.1) is 0 Å². The van der Waals surface area contributed by atoms with E-state index in [0.717, 1.165) is 0 Å². The van der Waals surface area contributed by atoms with Crippen molar-refractivity contribution in [3.63, 3.8) is 0 Å². The largest absolute Gasteiger partial charge is 0.481 e. The number of hydrogen-bond donors (Lipinski definition) is 3. The number of nitrogens with one attached hydrogen (secondary N) is 2. The van der Waals surface area contributed by atoms with Crippen LogP contribution in [0.2, 0.25) is 0 Å². The highest BCUT2D eigenvalue weighted by Crippen LogP contribution is 2.20. The van der Waals surface area contributed by atoms with Gasteiger partial charge in [-0.1, -0.05) is 0 Å². The fourth-order valence-corrected chi connectivity index (χ4v) is 1.36. The molecule has 0 aliphatic carbocycles. The van der Waals surface area contributed by atoms with Crippen LogP contribution in [-0.2, 0) is 4.79 Å². The lowest BCUT2D eigenvalue weighted by Gasteiger charge is -2.17. The number of nitrogens with zero attached hydrogens (tertiary/aromatic N) is 1. The maximum atomic E-state index is 11.8. The van der Waals surface area contributed by atoms with Gasteiger partial charge in [0.15, 0.2) is 5.82 Å². The third-order valence-corrected chi connectivity index (χ3v) is 2.29. The summed E-state index contributed by atoms with van der Waals surface area (Å²) < 4.78 is 5.01. The maximum Gasteiger partial charge on any atom is 0.242 e. The number of nitrogens with two attached hydrogens (primary N) is 1. The molecule has 1 aromatic heterocycles. The zero-order chi connectivity index (χ0) is 13.7. The Morgan fingerprint density at radius 2 is 2.06 bits per heavy atom. The first-order valence-electron chi connectivity index (χ1n) is 5.81. The summed E-state index contributed by atoms with van der Waals surface area (Å²) in [5.74, 6) is 0.790. The molecule has 1 aromatic rings. The van der Waals surface area contributed by atoms with E-state index >= 15 is 0 Å². The fourth-order valence-electron chi connectivity index (χ4n) is 1.36. The van der Waals surface area contributed by atoms with Crippen LogP contribution in [0.5, 0.6) is 5.88 Å². The lowest BCUT2D eigenvalue weighted by atomic mass is 10.2. The lowest BCUT2D eigenvalue weighted by molar-refractivity contribution is -0.122. The van der Waals surface area contributed by atoms with Crippen molar-refractivity contribution in [3.8, 4) is 5.88 Å². The molecular formula is C12H20N4O2. The van der Waals surface area contributed by atoms with E-state index in [2.05, 4.69) is 15.6 Å². The van der Waals surface area contributed by atoms with E-state index in [-0.39, 0.29) is 11.9 Å². The van der Waals surface area contributed by atoms with Gasteiger partial charge >= 0.3 is 0 Å². The van der Waals surface area contributed by atoms with Gasteiger partial charge in [0.25, 0.3) is 0 Å². The topological polar surface area (TPSA) is 89.3 Å². The summed E-state index contributed by atoms with van der Waals surface area (Å²) in [5.41, 5.74) is 6.25. The number of rotatable bonds is 5. The van der Waals surface area contributed by atoms with Crippen LogP contribution in [0.3, 0.4) is 0 Å². The van der Waals surface area contributed by atoms with Gasteiger partial charge in [-0.05, 0) is 26.8 Å². The maximum absolute atomic E-state index is 11.8. The molecule has 6 heteroatoms. The number of pyridine rings is 1. The predicted molar refractivity (Wildman–Crippen MR) is 71.6 cm³/mol. The highest BCUT2D eigenvalue weighted by atomic mass is 16.5. The summed E-state index contributed by atoms with van der Waals surface area (Å²) in [7, 11) is 1.53. The Balaban J connectivity index is 2.74. The molecule has 1 unspecified atom stereocenters. The number of ether oxygens (including phenoxy) is 1. The van der Waals surface area contributed by atoms with Crippen LogP contribution in [0.15, 0.2) is 12.1 Å². The molecule has 18 heavy (non-hydrogen) atoms. The summed E-state index contributed by atoms with van der Waals surface area (Å²) in [6, 6.07) is 3.02. The van der Waals surface area contributed by atoms with Gasteiger partial charge in [0, 0.05) is 12.1 Å². The van der Waals surface area contributed by atoms with E-state index in [1.165, 1.54) is 7.11 Å². The molecule has 1 atom stereocenters. The van der Waals surface area contributed by atoms with Crippen molar-refractivity contribution < 1.29 is 9.53 Å². The van der Waals surface area contributed by atoms with Crippen LogP contribution < -0.4 is 21.1 Å². The Morgan fingerprint density at radius 1 is 1.39 bits per heavy atom. The number of hydrogen-bond acceptors (Lipinski definition) is 5. The monoisotopic (exact) mass is 252 g/mol. The summed E-state index contributed by atoms with van der Waals surface area (Å²) in [4.78, 5) is 15.9. The first-order valence-corrected chi connectivity index (χ1v) is 5.81. The molecule has 0 saturated heterocycles. The number of carbonyl (C=O) groups excluding carboxylic acids is 1. The van der Waals surface area contributed by atoms with Gasteiger partial charge in [-0.2, -0.15) is 4.98 Å². The van der Waals surface area contributed by atoms with Crippen molar-refractivity contribution in [2.45, 2.75) is 32.9 Å². The number of anilines is 2. The van der Waals surface area contributed by atoms with Gasteiger partial charge in [0.05, 0.1) is 12.8 Å². The first kappa shape index (κ1) is 14.1. The third-order valence-electron chi connectivity index (χ3n) is 2.29. The van der Waals surface area contributed by atoms with Crippen molar-refractivity contribution in [1.29, 1.82) is 0 Å². The van der Waals surface area contributed by atoms with Gasteiger partial charge in [0.2, 0.25) is 11.8 Å². The van der Waals surface area contributed by atoms with E-state index in [0.29, 0.717) is 17.4 Å². The van der Waals surface area contributed by atoms with E-state index in [1.807, 2.05) is 13.8 Å². The minimum Gasteiger partial charge on any atom is -0.481 e. The smallest absolute Gasteiger partial charge is 0.242 e. The van der Waals surface area contributed by atoms with Crippen molar-refractivity contribution >= 4 is 17.4 Å². The highest BCUT2D eigenvalue weighted by Gasteiger charge is 2.15. The molecule has 0 saturated carbocycles. The molecule has 0 radical (unpaired) electrons. The number of amides is 1. The Hall–Kier alpha value is -1.98. The summed E-state index contributed by atoms with van der Waals surface area (Å²) in [6.07, 6.45) is 0. The predicted octanol–water partition coefficient (Wildman–Crippen LogP) is 0.997. The molecule has 6 nitrogen and oxygen atoms in total. The molecule has 0 spiro atoms. The molecule has 0 aromatic carbocycles. The van der Waals surface area contributed by atoms with E-state index in [9.17, 15) is 4.79 Å². The molecule has 1 amide bonds. The van der Waals surface area contributed by atoms with Crippen LogP contribution in [0.1, 0.15) is 20.8 Å². The average molecular weight is 252 g/mol. The molecule has 100 valence electrons. The van der Waals surface area contributed by atoms with E-state index in [4.69, 9.17) is 10.5 Å². The Labute approximate surface area is 107 Å². The number of nitrogen functional groups attached to an aromatic ring is 1.